The van der Waals surface area contributed by atoms with E-state index in [0.717, 1.165) is 11.4 Å². The summed E-state index contributed by atoms with van der Waals surface area (Å²) in [6, 6.07) is 6.33. The maximum atomic E-state index is 12.9. The molecule has 5 heteroatoms. The molecule has 1 aromatic carbocycles. The molecule has 0 atom stereocenters. The first-order valence-electron chi connectivity index (χ1n) is 9.58. The van der Waals surface area contributed by atoms with Gasteiger partial charge in [0.25, 0.3) is 0 Å². The van der Waals surface area contributed by atoms with Crippen molar-refractivity contribution < 1.29 is 9.18 Å². The second-order valence-corrected chi connectivity index (χ2v) is 8.40. The van der Waals surface area contributed by atoms with Gasteiger partial charge < -0.3 is 5.32 Å². The lowest BCUT2D eigenvalue weighted by Crippen LogP contribution is -2.58. The molecule has 0 aromatic heterocycles. The highest BCUT2D eigenvalue weighted by Crippen LogP contribution is 2.35. The van der Waals surface area contributed by atoms with Crippen LogP contribution in [0, 0.1) is 5.82 Å². The van der Waals surface area contributed by atoms with E-state index in [0.29, 0.717) is 5.75 Å². The Hall–Kier alpha value is -1.07. The van der Waals surface area contributed by atoms with Crippen LogP contribution in [0.5, 0.6) is 0 Å². The smallest absolute Gasteiger partial charge is 0.230 e. The number of nitrogens with one attached hydrogen (secondary N) is 1. The molecule has 1 aliphatic heterocycles. The first kappa shape index (κ1) is 18.7. The quantitative estimate of drug-likeness (QED) is 0.767. The minimum absolute atomic E-state index is 0.0799. The lowest BCUT2D eigenvalue weighted by atomic mass is 9.79. The van der Waals surface area contributed by atoms with Gasteiger partial charge in [-0.1, -0.05) is 25.7 Å². The summed E-state index contributed by atoms with van der Waals surface area (Å²) in [7, 11) is 0. The molecule has 25 heavy (non-hydrogen) atoms. The van der Waals surface area contributed by atoms with Crippen molar-refractivity contribution in [3.63, 3.8) is 0 Å². The van der Waals surface area contributed by atoms with Crippen LogP contribution in [-0.4, -0.2) is 41.7 Å². The number of amides is 1. The Bertz CT molecular complexity index is 551. The predicted molar refractivity (Wildman–Crippen MR) is 101 cm³/mol. The number of nitrogens with zero attached hydrogens (tertiary/aromatic N) is 1. The van der Waals surface area contributed by atoms with Gasteiger partial charge in [-0.3, -0.25) is 9.69 Å². The summed E-state index contributed by atoms with van der Waals surface area (Å²) in [6.07, 6.45) is 10.2. The molecule has 1 heterocycles. The van der Waals surface area contributed by atoms with Gasteiger partial charge in [-0.2, -0.15) is 0 Å². The largest absolute Gasteiger partial charge is 0.354 e. The predicted octanol–water partition coefficient (Wildman–Crippen LogP) is 4.22. The number of halogens is 1. The number of carbonyl (C=O) groups is 1. The molecule has 0 radical (unpaired) electrons. The molecule has 2 aliphatic rings. The Kier molecular flexibility index (Phi) is 6.77. The lowest BCUT2D eigenvalue weighted by molar-refractivity contribution is -0.119. The zero-order chi connectivity index (χ0) is 17.5. The van der Waals surface area contributed by atoms with Crippen LogP contribution in [0.15, 0.2) is 29.2 Å². The van der Waals surface area contributed by atoms with Crippen LogP contribution in [0.4, 0.5) is 4.39 Å². The highest BCUT2D eigenvalue weighted by atomic mass is 32.2. The third kappa shape index (κ3) is 5.20. The third-order valence-corrected chi connectivity index (χ3v) is 6.62. The number of likely N-dealkylation sites (tertiary alicyclic amines) is 1. The van der Waals surface area contributed by atoms with Gasteiger partial charge in [0.1, 0.15) is 5.82 Å². The number of carbonyl (C=O) groups excluding carboxylic acids is 1. The van der Waals surface area contributed by atoms with E-state index in [9.17, 15) is 9.18 Å². The Morgan fingerprint density at radius 2 is 1.68 bits per heavy atom. The summed E-state index contributed by atoms with van der Waals surface area (Å²) >= 11 is 1.47. The van der Waals surface area contributed by atoms with Gasteiger partial charge in [-0.15, -0.1) is 11.8 Å². The van der Waals surface area contributed by atoms with Crippen LogP contribution < -0.4 is 5.32 Å². The Morgan fingerprint density at radius 3 is 2.36 bits per heavy atom. The summed E-state index contributed by atoms with van der Waals surface area (Å²) in [5, 5.41) is 3.20. The summed E-state index contributed by atoms with van der Waals surface area (Å²) in [4.78, 5) is 15.9. The van der Waals surface area contributed by atoms with E-state index in [2.05, 4.69) is 10.2 Å². The number of hydrogen-bond acceptors (Lipinski definition) is 3. The zero-order valence-electron chi connectivity index (χ0n) is 14.9. The molecule has 1 amide bonds. The van der Waals surface area contributed by atoms with Crippen molar-refractivity contribution in [2.24, 2.45) is 0 Å². The standard InChI is InChI=1S/C20H29FN2OS/c21-17-7-9-18(10-8-17)25-15-19(24)22-16-20(11-3-1-4-12-20)23-13-5-2-6-14-23/h7-10H,1-6,11-16H2,(H,22,24). The number of benzene rings is 1. The maximum absolute atomic E-state index is 12.9. The molecule has 1 aliphatic carbocycles. The van der Waals surface area contributed by atoms with Crippen molar-refractivity contribution >= 4 is 17.7 Å². The van der Waals surface area contributed by atoms with Crippen LogP contribution in [0.1, 0.15) is 51.4 Å². The van der Waals surface area contributed by atoms with E-state index in [4.69, 9.17) is 0 Å². The Morgan fingerprint density at radius 1 is 1.04 bits per heavy atom. The summed E-state index contributed by atoms with van der Waals surface area (Å²) in [6.45, 7) is 3.14. The van der Waals surface area contributed by atoms with Crippen LogP contribution in [0.25, 0.3) is 0 Å². The van der Waals surface area contributed by atoms with E-state index in [1.54, 1.807) is 12.1 Å². The monoisotopic (exact) mass is 364 g/mol. The zero-order valence-corrected chi connectivity index (χ0v) is 15.8. The first-order chi connectivity index (χ1) is 12.2. The van der Waals surface area contributed by atoms with Crippen LogP contribution in [-0.2, 0) is 4.79 Å². The minimum atomic E-state index is -0.241. The molecule has 0 spiro atoms. The summed E-state index contributed by atoms with van der Waals surface area (Å²) < 4.78 is 12.9. The molecular formula is C20H29FN2OS. The number of thioether (sulfide) groups is 1. The molecule has 0 unspecified atom stereocenters. The average Bonchev–Trinajstić information content (AvgIpc) is 2.67. The van der Waals surface area contributed by atoms with E-state index in [-0.39, 0.29) is 17.3 Å². The van der Waals surface area contributed by atoms with Crippen molar-refractivity contribution in [2.75, 3.05) is 25.4 Å². The molecular weight excluding hydrogens is 335 g/mol. The van der Waals surface area contributed by atoms with Crippen molar-refractivity contribution in [1.82, 2.24) is 10.2 Å². The second kappa shape index (κ2) is 9.04. The molecule has 1 aromatic rings. The molecule has 2 fully saturated rings. The molecule has 3 rings (SSSR count). The normalized spacial score (nSPS) is 21.0. The van der Waals surface area contributed by atoms with Crippen molar-refractivity contribution in [1.29, 1.82) is 0 Å². The first-order valence-corrected chi connectivity index (χ1v) is 10.6. The fraction of sp³-hybridized carbons (Fsp3) is 0.650. The molecule has 0 bridgehead atoms. The average molecular weight is 365 g/mol. The van der Waals surface area contributed by atoms with Crippen molar-refractivity contribution in [3.8, 4) is 0 Å². The highest BCUT2D eigenvalue weighted by molar-refractivity contribution is 8.00. The minimum Gasteiger partial charge on any atom is -0.354 e. The number of hydrogen-bond donors (Lipinski definition) is 1. The van der Waals surface area contributed by atoms with Crippen LogP contribution in [0.2, 0.25) is 0 Å². The van der Waals surface area contributed by atoms with Gasteiger partial charge in [-0.25, -0.2) is 4.39 Å². The van der Waals surface area contributed by atoms with Gasteiger partial charge in [0.15, 0.2) is 0 Å². The van der Waals surface area contributed by atoms with Crippen LogP contribution in [0.3, 0.4) is 0 Å². The van der Waals surface area contributed by atoms with Gasteiger partial charge in [-0.05, 0) is 63.0 Å². The van der Waals surface area contributed by atoms with E-state index in [1.807, 2.05) is 0 Å². The summed E-state index contributed by atoms with van der Waals surface area (Å²) in [5.41, 5.74) is 0.175. The summed E-state index contributed by atoms with van der Waals surface area (Å²) in [5.74, 6) is 0.229. The topological polar surface area (TPSA) is 32.3 Å². The molecule has 138 valence electrons. The Balaban J connectivity index is 1.51. The van der Waals surface area contributed by atoms with Crippen molar-refractivity contribution in [2.45, 2.75) is 61.8 Å². The second-order valence-electron chi connectivity index (χ2n) is 7.35. The third-order valence-electron chi connectivity index (χ3n) is 5.61. The molecule has 1 saturated carbocycles. The number of rotatable bonds is 6. The Labute approximate surface area is 154 Å². The fourth-order valence-electron chi connectivity index (χ4n) is 4.18. The van der Waals surface area contributed by atoms with Gasteiger partial charge in [0.05, 0.1) is 5.75 Å². The van der Waals surface area contributed by atoms with Crippen molar-refractivity contribution in [3.05, 3.63) is 30.1 Å². The van der Waals surface area contributed by atoms with E-state index >= 15 is 0 Å². The van der Waals surface area contributed by atoms with Gasteiger partial charge in [0, 0.05) is 17.0 Å². The van der Waals surface area contributed by atoms with Gasteiger partial charge in [0.2, 0.25) is 5.91 Å². The van der Waals surface area contributed by atoms with E-state index in [1.165, 1.54) is 88.4 Å². The molecule has 3 nitrogen and oxygen atoms in total. The molecule has 1 saturated heterocycles. The molecule has 1 N–H and O–H groups in total. The van der Waals surface area contributed by atoms with E-state index < -0.39 is 0 Å². The van der Waals surface area contributed by atoms with Gasteiger partial charge >= 0.3 is 0 Å². The lowest BCUT2D eigenvalue weighted by Gasteiger charge is -2.48. The number of piperidine rings is 1. The van der Waals surface area contributed by atoms with Crippen LogP contribution >= 0.6 is 11.8 Å². The highest BCUT2D eigenvalue weighted by Gasteiger charge is 2.38. The fourth-order valence-corrected chi connectivity index (χ4v) is 4.91. The SMILES string of the molecule is O=C(CSc1ccc(F)cc1)NCC1(N2CCCCC2)CCCCC1. The maximum Gasteiger partial charge on any atom is 0.230 e.